The molecule has 0 unspecified atom stereocenters. The van der Waals surface area contributed by atoms with Crippen LogP contribution in [0.4, 0.5) is 0 Å². The topological polar surface area (TPSA) is 46.5 Å². The Hall–Kier alpha value is -2.29. The first-order valence-corrected chi connectivity index (χ1v) is 5.18. The molecule has 86 valence electrons. The predicted molar refractivity (Wildman–Crippen MR) is 65.5 cm³/mol. The molecule has 0 bridgehead atoms. The molecule has 2 aromatic rings. The normalized spacial score (nSPS) is 9.94. The van der Waals surface area contributed by atoms with Gasteiger partial charge in [-0.2, -0.15) is 0 Å². The fourth-order valence-electron chi connectivity index (χ4n) is 1.71. The Morgan fingerprint density at radius 2 is 1.88 bits per heavy atom. The standard InChI is InChI=1S/C14H12O3/c1-17-14-7-11(9-15)12(8-13(14)16)10-5-3-2-4-6-10/h2-9,16H,1H3. The molecule has 0 atom stereocenters. The number of aromatic hydroxyl groups is 1. The summed E-state index contributed by atoms with van der Waals surface area (Å²) in [5.74, 6) is 0.323. The lowest BCUT2D eigenvalue weighted by molar-refractivity contribution is 0.112. The number of carbonyl (C=O) groups is 1. The van der Waals surface area contributed by atoms with Crippen molar-refractivity contribution in [2.24, 2.45) is 0 Å². The highest BCUT2D eigenvalue weighted by molar-refractivity contribution is 5.89. The SMILES string of the molecule is COc1cc(C=O)c(-c2ccccc2)cc1O. The molecule has 0 aliphatic heterocycles. The first kappa shape index (κ1) is 11.2. The van der Waals surface area contributed by atoms with Crippen molar-refractivity contribution in [3.8, 4) is 22.6 Å². The van der Waals surface area contributed by atoms with Gasteiger partial charge in [-0.15, -0.1) is 0 Å². The Balaban J connectivity index is 2.62. The van der Waals surface area contributed by atoms with Crippen LogP contribution in [0.5, 0.6) is 11.5 Å². The minimum absolute atomic E-state index is 0.0250. The van der Waals surface area contributed by atoms with E-state index in [2.05, 4.69) is 0 Å². The van der Waals surface area contributed by atoms with E-state index in [-0.39, 0.29) is 5.75 Å². The van der Waals surface area contributed by atoms with Crippen molar-refractivity contribution < 1.29 is 14.6 Å². The van der Waals surface area contributed by atoms with Crippen molar-refractivity contribution in [1.82, 2.24) is 0 Å². The van der Waals surface area contributed by atoms with E-state index >= 15 is 0 Å². The monoisotopic (exact) mass is 228 g/mol. The Kier molecular flexibility index (Phi) is 3.10. The largest absolute Gasteiger partial charge is 0.504 e. The van der Waals surface area contributed by atoms with E-state index < -0.39 is 0 Å². The van der Waals surface area contributed by atoms with Crippen molar-refractivity contribution in [2.45, 2.75) is 0 Å². The van der Waals surface area contributed by atoms with Crippen molar-refractivity contribution in [3.05, 3.63) is 48.0 Å². The number of aldehydes is 1. The van der Waals surface area contributed by atoms with E-state index in [1.165, 1.54) is 19.2 Å². The molecular formula is C14H12O3. The molecule has 0 spiro atoms. The molecule has 0 radical (unpaired) electrons. The molecule has 1 N–H and O–H groups in total. The average molecular weight is 228 g/mol. The summed E-state index contributed by atoms with van der Waals surface area (Å²) in [6.07, 6.45) is 0.754. The lowest BCUT2D eigenvalue weighted by Gasteiger charge is -2.09. The van der Waals surface area contributed by atoms with Crippen LogP contribution >= 0.6 is 0 Å². The minimum Gasteiger partial charge on any atom is -0.504 e. The second-order valence-corrected chi connectivity index (χ2v) is 3.60. The van der Waals surface area contributed by atoms with Crippen LogP contribution in [-0.4, -0.2) is 18.5 Å². The van der Waals surface area contributed by atoms with Gasteiger partial charge in [-0.1, -0.05) is 30.3 Å². The van der Waals surface area contributed by atoms with E-state index in [0.29, 0.717) is 16.9 Å². The summed E-state index contributed by atoms with van der Waals surface area (Å²) >= 11 is 0. The second-order valence-electron chi connectivity index (χ2n) is 3.60. The Bertz CT molecular complexity index is 533. The summed E-state index contributed by atoms with van der Waals surface area (Å²) in [5, 5.41) is 9.73. The number of benzene rings is 2. The number of phenols is 1. The van der Waals surface area contributed by atoms with Gasteiger partial charge >= 0.3 is 0 Å². The van der Waals surface area contributed by atoms with Gasteiger partial charge in [-0.05, 0) is 23.3 Å². The molecule has 0 aromatic heterocycles. The zero-order valence-corrected chi connectivity index (χ0v) is 9.38. The molecule has 0 fully saturated rings. The van der Waals surface area contributed by atoms with E-state index in [0.717, 1.165) is 11.8 Å². The molecule has 17 heavy (non-hydrogen) atoms. The summed E-state index contributed by atoms with van der Waals surface area (Å²) in [4.78, 5) is 11.0. The van der Waals surface area contributed by atoms with Gasteiger partial charge in [0, 0.05) is 5.56 Å². The van der Waals surface area contributed by atoms with Crippen LogP contribution in [0.25, 0.3) is 11.1 Å². The van der Waals surface area contributed by atoms with Gasteiger partial charge in [-0.25, -0.2) is 0 Å². The van der Waals surface area contributed by atoms with E-state index in [1.807, 2.05) is 30.3 Å². The first-order valence-electron chi connectivity index (χ1n) is 5.18. The highest BCUT2D eigenvalue weighted by Gasteiger charge is 2.10. The van der Waals surface area contributed by atoms with Crippen LogP contribution < -0.4 is 4.74 Å². The van der Waals surface area contributed by atoms with Gasteiger partial charge in [0.15, 0.2) is 17.8 Å². The summed E-state index contributed by atoms with van der Waals surface area (Å²) in [5.41, 5.74) is 2.07. The third-order valence-electron chi connectivity index (χ3n) is 2.56. The number of methoxy groups -OCH3 is 1. The lowest BCUT2D eigenvalue weighted by Crippen LogP contribution is -1.91. The molecule has 2 aromatic carbocycles. The van der Waals surface area contributed by atoms with E-state index in [4.69, 9.17) is 4.74 Å². The molecule has 2 rings (SSSR count). The van der Waals surface area contributed by atoms with Crippen LogP contribution in [0.3, 0.4) is 0 Å². The maximum Gasteiger partial charge on any atom is 0.161 e. The van der Waals surface area contributed by atoms with Crippen LogP contribution in [0.15, 0.2) is 42.5 Å². The van der Waals surface area contributed by atoms with Crippen LogP contribution in [-0.2, 0) is 0 Å². The minimum atomic E-state index is 0.0250. The molecule has 0 heterocycles. The van der Waals surface area contributed by atoms with Gasteiger partial charge in [0.2, 0.25) is 0 Å². The zero-order valence-electron chi connectivity index (χ0n) is 9.38. The van der Waals surface area contributed by atoms with E-state index in [9.17, 15) is 9.90 Å². The Labute approximate surface area is 99.3 Å². The third-order valence-corrected chi connectivity index (χ3v) is 2.56. The first-order chi connectivity index (χ1) is 8.26. The fourth-order valence-corrected chi connectivity index (χ4v) is 1.71. The van der Waals surface area contributed by atoms with Crippen LogP contribution in [0.1, 0.15) is 10.4 Å². The van der Waals surface area contributed by atoms with Gasteiger partial charge in [-0.3, -0.25) is 4.79 Å². The second kappa shape index (κ2) is 4.70. The zero-order chi connectivity index (χ0) is 12.3. The molecule has 3 nitrogen and oxygen atoms in total. The average Bonchev–Trinajstić information content (AvgIpc) is 2.39. The van der Waals surface area contributed by atoms with Crippen molar-refractivity contribution >= 4 is 6.29 Å². The van der Waals surface area contributed by atoms with Gasteiger partial charge in [0.25, 0.3) is 0 Å². The quantitative estimate of drug-likeness (QED) is 0.821. The summed E-state index contributed by atoms with van der Waals surface area (Å²) < 4.78 is 4.97. The third kappa shape index (κ3) is 2.13. The molecule has 3 heteroatoms. The number of ether oxygens (including phenoxy) is 1. The van der Waals surface area contributed by atoms with Gasteiger partial charge < -0.3 is 9.84 Å². The lowest BCUT2D eigenvalue weighted by atomic mass is 9.99. The summed E-state index contributed by atoms with van der Waals surface area (Å²) in [7, 11) is 1.45. The fraction of sp³-hybridized carbons (Fsp3) is 0.0714. The number of phenolic OH excluding ortho intramolecular Hbond substituents is 1. The Morgan fingerprint density at radius 3 is 2.47 bits per heavy atom. The number of hydrogen-bond donors (Lipinski definition) is 1. The summed E-state index contributed by atoms with van der Waals surface area (Å²) in [6, 6.07) is 12.5. The number of carbonyl (C=O) groups excluding carboxylic acids is 1. The molecule has 0 aliphatic carbocycles. The highest BCUT2D eigenvalue weighted by Crippen LogP contribution is 2.34. The van der Waals surface area contributed by atoms with Crippen molar-refractivity contribution in [1.29, 1.82) is 0 Å². The van der Waals surface area contributed by atoms with Crippen molar-refractivity contribution in [2.75, 3.05) is 7.11 Å². The molecule has 0 saturated carbocycles. The molecule has 0 amide bonds. The number of rotatable bonds is 3. The van der Waals surface area contributed by atoms with E-state index in [1.54, 1.807) is 0 Å². The van der Waals surface area contributed by atoms with Gasteiger partial charge in [0.1, 0.15) is 0 Å². The van der Waals surface area contributed by atoms with Crippen LogP contribution in [0.2, 0.25) is 0 Å². The Morgan fingerprint density at radius 1 is 1.18 bits per heavy atom. The smallest absolute Gasteiger partial charge is 0.161 e. The summed E-state index contributed by atoms with van der Waals surface area (Å²) in [6.45, 7) is 0. The van der Waals surface area contributed by atoms with Crippen LogP contribution in [0, 0.1) is 0 Å². The molecule has 0 aliphatic rings. The maximum atomic E-state index is 11.0. The maximum absolute atomic E-state index is 11.0. The highest BCUT2D eigenvalue weighted by atomic mass is 16.5. The molecule has 0 saturated heterocycles. The number of hydrogen-bond acceptors (Lipinski definition) is 3. The predicted octanol–water partition coefficient (Wildman–Crippen LogP) is 2.88. The van der Waals surface area contributed by atoms with Crippen molar-refractivity contribution in [3.63, 3.8) is 0 Å². The van der Waals surface area contributed by atoms with Gasteiger partial charge in [0.05, 0.1) is 7.11 Å². The molecular weight excluding hydrogens is 216 g/mol.